The molecule has 0 bridgehead atoms. The van der Waals surface area contributed by atoms with E-state index in [-0.39, 0.29) is 36.1 Å². The van der Waals surface area contributed by atoms with Crippen LogP contribution in [-0.2, 0) is 9.53 Å². The SMILES string of the molecule is CCOC(=O)CNC(=O)N1CCN(c2cc(Oc3ccc(F)c(Cl)c3)ncn2)C[C@H]1C. The van der Waals surface area contributed by atoms with Crippen molar-refractivity contribution in [2.45, 2.75) is 19.9 Å². The Hall–Kier alpha value is -3.14. The van der Waals surface area contributed by atoms with E-state index in [9.17, 15) is 14.0 Å². The number of ether oxygens (including phenoxy) is 2. The average molecular weight is 452 g/mol. The molecule has 2 aromatic rings. The maximum absolute atomic E-state index is 13.3. The van der Waals surface area contributed by atoms with E-state index in [1.807, 2.05) is 11.8 Å². The highest BCUT2D eigenvalue weighted by Crippen LogP contribution is 2.27. The molecule has 1 aliphatic rings. The number of nitrogens with one attached hydrogen (secondary N) is 1. The van der Waals surface area contributed by atoms with E-state index in [1.54, 1.807) is 17.9 Å². The molecule has 0 radical (unpaired) electrons. The molecule has 1 saturated heterocycles. The fourth-order valence-electron chi connectivity index (χ4n) is 3.15. The van der Waals surface area contributed by atoms with E-state index in [0.29, 0.717) is 31.2 Å². The first-order valence-electron chi connectivity index (χ1n) is 9.77. The standard InChI is InChI=1S/C20H23ClFN5O4/c1-3-30-19(28)10-23-20(29)27-7-6-26(11-13(27)2)17-9-18(25-12-24-17)31-14-4-5-16(22)15(21)8-14/h4-5,8-9,12-13H,3,6-7,10-11H2,1-2H3,(H,23,29)/t13-/m1/s1. The molecule has 2 heterocycles. The van der Waals surface area contributed by atoms with Crippen molar-refractivity contribution in [2.75, 3.05) is 37.7 Å². The number of halogens is 2. The quantitative estimate of drug-likeness (QED) is 0.674. The molecule has 166 valence electrons. The second-order valence-corrected chi connectivity index (χ2v) is 7.25. The second kappa shape index (κ2) is 10.3. The molecule has 9 nitrogen and oxygen atoms in total. The summed E-state index contributed by atoms with van der Waals surface area (Å²) in [5.74, 6) is 0.271. The Morgan fingerprint density at radius 2 is 2.10 bits per heavy atom. The molecule has 1 aliphatic heterocycles. The molecule has 1 aromatic carbocycles. The first kappa shape index (κ1) is 22.5. The number of esters is 1. The van der Waals surface area contributed by atoms with Crippen LogP contribution in [0.3, 0.4) is 0 Å². The van der Waals surface area contributed by atoms with Crippen molar-refractivity contribution in [1.29, 1.82) is 0 Å². The zero-order chi connectivity index (χ0) is 22.4. The van der Waals surface area contributed by atoms with Gasteiger partial charge in [0.15, 0.2) is 0 Å². The van der Waals surface area contributed by atoms with E-state index in [1.165, 1.54) is 24.5 Å². The summed E-state index contributed by atoms with van der Waals surface area (Å²) in [6.07, 6.45) is 1.37. The van der Waals surface area contributed by atoms with Crippen LogP contribution in [0.15, 0.2) is 30.6 Å². The lowest BCUT2D eigenvalue weighted by molar-refractivity contribution is -0.141. The summed E-state index contributed by atoms with van der Waals surface area (Å²) < 4.78 is 23.8. The monoisotopic (exact) mass is 451 g/mol. The number of hydrogen-bond donors (Lipinski definition) is 1. The van der Waals surface area contributed by atoms with Gasteiger partial charge in [0.25, 0.3) is 0 Å². The predicted molar refractivity (Wildman–Crippen MR) is 112 cm³/mol. The highest BCUT2D eigenvalue weighted by molar-refractivity contribution is 6.30. The summed E-state index contributed by atoms with van der Waals surface area (Å²) in [4.78, 5) is 35.8. The fourth-order valence-corrected chi connectivity index (χ4v) is 3.32. The van der Waals surface area contributed by atoms with Gasteiger partial charge in [0.1, 0.15) is 30.3 Å². The van der Waals surface area contributed by atoms with Gasteiger partial charge in [-0.3, -0.25) is 4.79 Å². The molecule has 0 spiro atoms. The molecule has 3 rings (SSSR count). The summed E-state index contributed by atoms with van der Waals surface area (Å²) in [7, 11) is 0. The lowest BCUT2D eigenvalue weighted by Crippen LogP contribution is -2.57. The number of amides is 2. The maximum Gasteiger partial charge on any atom is 0.325 e. The predicted octanol–water partition coefficient (Wildman–Crippen LogP) is 2.84. The van der Waals surface area contributed by atoms with Crippen molar-refractivity contribution in [3.05, 3.63) is 41.4 Å². The number of benzene rings is 1. The highest BCUT2D eigenvalue weighted by atomic mass is 35.5. The summed E-state index contributed by atoms with van der Waals surface area (Å²) in [5, 5.41) is 2.53. The summed E-state index contributed by atoms with van der Waals surface area (Å²) >= 11 is 5.78. The Bertz CT molecular complexity index is 948. The van der Waals surface area contributed by atoms with Crippen LogP contribution >= 0.6 is 11.6 Å². The topological polar surface area (TPSA) is 96.9 Å². The summed E-state index contributed by atoms with van der Waals surface area (Å²) in [6, 6.07) is 5.27. The van der Waals surface area contributed by atoms with E-state index in [4.69, 9.17) is 21.1 Å². The molecule has 0 aliphatic carbocycles. The van der Waals surface area contributed by atoms with Crippen LogP contribution in [-0.4, -0.2) is 65.7 Å². The Labute approximate surface area is 184 Å². The van der Waals surface area contributed by atoms with Gasteiger partial charge in [0.05, 0.1) is 11.6 Å². The Morgan fingerprint density at radius 1 is 1.29 bits per heavy atom. The first-order chi connectivity index (χ1) is 14.9. The minimum absolute atomic E-state index is 0.0436. The van der Waals surface area contributed by atoms with Crippen LogP contribution in [0.2, 0.25) is 5.02 Å². The second-order valence-electron chi connectivity index (χ2n) is 6.84. The normalized spacial score (nSPS) is 16.1. The number of aromatic nitrogens is 2. The van der Waals surface area contributed by atoms with Crippen molar-refractivity contribution in [3.63, 3.8) is 0 Å². The van der Waals surface area contributed by atoms with E-state index >= 15 is 0 Å². The number of anilines is 1. The van der Waals surface area contributed by atoms with Crippen molar-refractivity contribution in [1.82, 2.24) is 20.2 Å². The van der Waals surface area contributed by atoms with Crippen LogP contribution in [0.25, 0.3) is 0 Å². The van der Waals surface area contributed by atoms with Crippen LogP contribution in [0.4, 0.5) is 15.0 Å². The molecule has 31 heavy (non-hydrogen) atoms. The number of carbonyl (C=O) groups excluding carboxylic acids is 2. The third-order valence-electron chi connectivity index (χ3n) is 4.64. The van der Waals surface area contributed by atoms with Gasteiger partial charge in [-0.1, -0.05) is 11.6 Å². The zero-order valence-electron chi connectivity index (χ0n) is 17.2. The smallest absolute Gasteiger partial charge is 0.325 e. The Morgan fingerprint density at radius 3 is 2.81 bits per heavy atom. The Kier molecular flexibility index (Phi) is 7.45. The maximum atomic E-state index is 13.3. The van der Waals surface area contributed by atoms with Gasteiger partial charge in [-0.25, -0.2) is 19.2 Å². The molecule has 1 aromatic heterocycles. The summed E-state index contributed by atoms with van der Waals surface area (Å²) in [6.45, 7) is 5.24. The number of carbonyl (C=O) groups is 2. The lowest BCUT2D eigenvalue weighted by atomic mass is 10.2. The van der Waals surface area contributed by atoms with Crippen molar-refractivity contribution in [2.24, 2.45) is 0 Å². The lowest BCUT2D eigenvalue weighted by Gasteiger charge is -2.40. The summed E-state index contributed by atoms with van der Waals surface area (Å²) in [5.41, 5.74) is 0. The van der Waals surface area contributed by atoms with Gasteiger partial charge in [-0.05, 0) is 26.0 Å². The van der Waals surface area contributed by atoms with Gasteiger partial charge in [0, 0.05) is 37.8 Å². The molecule has 1 N–H and O–H groups in total. The number of piperazine rings is 1. The van der Waals surface area contributed by atoms with E-state index in [0.717, 1.165) is 0 Å². The highest BCUT2D eigenvalue weighted by Gasteiger charge is 2.28. The van der Waals surface area contributed by atoms with E-state index in [2.05, 4.69) is 15.3 Å². The molecule has 2 amide bonds. The van der Waals surface area contributed by atoms with Gasteiger partial charge in [-0.15, -0.1) is 0 Å². The van der Waals surface area contributed by atoms with Gasteiger partial charge < -0.3 is 24.6 Å². The molecular weight excluding hydrogens is 429 g/mol. The molecule has 0 saturated carbocycles. The molecule has 1 atom stereocenters. The number of rotatable bonds is 6. The molecule has 11 heteroatoms. The van der Waals surface area contributed by atoms with Crippen molar-refractivity contribution < 1.29 is 23.5 Å². The van der Waals surface area contributed by atoms with Crippen LogP contribution in [0.1, 0.15) is 13.8 Å². The largest absolute Gasteiger partial charge is 0.465 e. The fraction of sp³-hybridized carbons (Fsp3) is 0.400. The van der Waals surface area contributed by atoms with Gasteiger partial charge in [-0.2, -0.15) is 0 Å². The van der Waals surface area contributed by atoms with Crippen LogP contribution in [0, 0.1) is 5.82 Å². The third-order valence-corrected chi connectivity index (χ3v) is 4.93. The first-order valence-corrected chi connectivity index (χ1v) is 10.1. The van der Waals surface area contributed by atoms with Gasteiger partial charge in [0.2, 0.25) is 5.88 Å². The van der Waals surface area contributed by atoms with Crippen LogP contribution in [0.5, 0.6) is 11.6 Å². The molecule has 1 fully saturated rings. The molecular formula is C20H23ClFN5O4. The third kappa shape index (κ3) is 5.94. The minimum atomic E-state index is -0.532. The minimum Gasteiger partial charge on any atom is -0.465 e. The number of urea groups is 1. The van der Waals surface area contributed by atoms with Crippen molar-refractivity contribution >= 4 is 29.4 Å². The average Bonchev–Trinajstić information content (AvgIpc) is 2.75. The molecule has 0 unspecified atom stereocenters. The van der Waals surface area contributed by atoms with Crippen LogP contribution < -0.4 is 15.0 Å². The Balaban J connectivity index is 1.59. The van der Waals surface area contributed by atoms with E-state index < -0.39 is 11.8 Å². The van der Waals surface area contributed by atoms with Gasteiger partial charge >= 0.3 is 12.0 Å². The van der Waals surface area contributed by atoms with Crippen molar-refractivity contribution in [3.8, 4) is 11.6 Å². The number of nitrogens with zero attached hydrogens (tertiary/aromatic N) is 4. The zero-order valence-corrected chi connectivity index (χ0v) is 17.9. The number of hydrogen-bond acceptors (Lipinski definition) is 7.